The lowest BCUT2D eigenvalue weighted by Gasteiger charge is -2.37. The second kappa shape index (κ2) is 9.30. The number of fused-ring (bicyclic) bond motifs is 1. The van der Waals surface area contributed by atoms with Crippen LogP contribution in [0.4, 0.5) is 0 Å². The molecule has 6 heteroatoms. The number of aromatic amines is 1. The lowest BCUT2D eigenvalue weighted by Crippen LogP contribution is -2.44. The molecule has 0 radical (unpaired) electrons. The first-order chi connectivity index (χ1) is 15.8. The van der Waals surface area contributed by atoms with Crippen molar-refractivity contribution in [2.75, 3.05) is 13.7 Å². The molecule has 4 rings (SSSR count). The van der Waals surface area contributed by atoms with Gasteiger partial charge in [0.2, 0.25) is 0 Å². The van der Waals surface area contributed by atoms with Crippen LogP contribution in [0, 0.1) is 0 Å². The van der Waals surface area contributed by atoms with Crippen LogP contribution in [0.5, 0.6) is 11.5 Å². The molecule has 0 aliphatic carbocycles. The van der Waals surface area contributed by atoms with Gasteiger partial charge < -0.3 is 14.4 Å². The van der Waals surface area contributed by atoms with E-state index in [0.29, 0.717) is 5.69 Å². The van der Waals surface area contributed by atoms with Crippen molar-refractivity contribution in [2.24, 2.45) is 0 Å². The van der Waals surface area contributed by atoms with E-state index >= 15 is 0 Å². The highest BCUT2D eigenvalue weighted by molar-refractivity contribution is 6.00. The number of rotatable bonds is 8. The van der Waals surface area contributed by atoms with Crippen LogP contribution in [0.15, 0.2) is 48.5 Å². The van der Waals surface area contributed by atoms with Crippen molar-refractivity contribution in [1.29, 1.82) is 0 Å². The number of H-pyrrole nitrogens is 1. The number of nitrogens with one attached hydrogen (secondary N) is 1. The molecule has 1 aliphatic heterocycles. The number of aromatic nitrogens is 2. The standard InChI is InChI=1S/C27H33N3O3/c1-6-7-8-17-33-21-15-11-19(12-16-21)25-22-23(18-9-13-20(32-5)14-10-18)28-29-24(22)26(31)30(25)27(2,3)4/h9-16,25H,6-8,17H2,1-5H3,(H,28,29). The van der Waals surface area contributed by atoms with Gasteiger partial charge >= 0.3 is 0 Å². The third-order valence-electron chi connectivity index (χ3n) is 6.07. The van der Waals surface area contributed by atoms with Crippen molar-refractivity contribution < 1.29 is 14.3 Å². The lowest BCUT2D eigenvalue weighted by atomic mass is 9.93. The molecule has 0 saturated heterocycles. The fourth-order valence-corrected chi connectivity index (χ4v) is 4.41. The van der Waals surface area contributed by atoms with Crippen molar-refractivity contribution in [1.82, 2.24) is 15.1 Å². The quantitative estimate of drug-likeness (QED) is 0.430. The SMILES string of the molecule is CCCCCOc1ccc(C2c3c(-c4ccc(OC)cc4)n[nH]c3C(=O)N2C(C)(C)C)cc1. The maximum Gasteiger partial charge on any atom is 0.273 e. The van der Waals surface area contributed by atoms with Crippen LogP contribution in [0.3, 0.4) is 0 Å². The van der Waals surface area contributed by atoms with E-state index in [2.05, 4.69) is 50.0 Å². The van der Waals surface area contributed by atoms with E-state index < -0.39 is 0 Å². The van der Waals surface area contributed by atoms with E-state index in [0.717, 1.165) is 46.9 Å². The van der Waals surface area contributed by atoms with Crippen LogP contribution in [-0.4, -0.2) is 40.3 Å². The summed E-state index contributed by atoms with van der Waals surface area (Å²) < 4.78 is 11.2. The molecule has 1 N–H and O–H groups in total. The van der Waals surface area contributed by atoms with Crippen LogP contribution in [0.2, 0.25) is 0 Å². The van der Waals surface area contributed by atoms with Gasteiger partial charge in [-0.25, -0.2) is 0 Å². The normalized spacial score (nSPS) is 15.6. The third kappa shape index (κ3) is 4.47. The van der Waals surface area contributed by atoms with Crippen LogP contribution < -0.4 is 9.47 Å². The Kier molecular flexibility index (Phi) is 6.45. The monoisotopic (exact) mass is 447 g/mol. The van der Waals surface area contributed by atoms with Crippen molar-refractivity contribution in [3.8, 4) is 22.8 Å². The predicted molar refractivity (Wildman–Crippen MR) is 130 cm³/mol. The molecule has 174 valence electrons. The third-order valence-corrected chi connectivity index (χ3v) is 6.07. The topological polar surface area (TPSA) is 67.5 Å². The Morgan fingerprint density at radius 2 is 1.67 bits per heavy atom. The van der Waals surface area contributed by atoms with E-state index in [-0.39, 0.29) is 17.5 Å². The maximum atomic E-state index is 13.5. The molecule has 0 fully saturated rings. The summed E-state index contributed by atoms with van der Waals surface area (Å²) in [6.45, 7) is 9.10. The number of benzene rings is 2. The summed E-state index contributed by atoms with van der Waals surface area (Å²) in [6, 6.07) is 15.7. The van der Waals surface area contributed by atoms with Crippen molar-refractivity contribution in [3.05, 3.63) is 65.4 Å². The average molecular weight is 448 g/mol. The Hall–Kier alpha value is -3.28. The molecule has 2 aromatic carbocycles. The number of carbonyl (C=O) groups is 1. The summed E-state index contributed by atoms with van der Waals surface area (Å²) in [7, 11) is 1.65. The van der Waals surface area contributed by atoms with Gasteiger partial charge in [-0.1, -0.05) is 31.9 Å². The Bertz CT molecular complexity index is 1100. The van der Waals surface area contributed by atoms with E-state index in [4.69, 9.17) is 9.47 Å². The molecule has 3 aromatic rings. The molecule has 0 saturated carbocycles. The van der Waals surface area contributed by atoms with Gasteiger partial charge in [-0.2, -0.15) is 5.10 Å². The van der Waals surface area contributed by atoms with Crippen LogP contribution in [-0.2, 0) is 0 Å². The zero-order chi connectivity index (χ0) is 23.6. The first-order valence-corrected chi connectivity index (χ1v) is 11.6. The zero-order valence-corrected chi connectivity index (χ0v) is 20.1. The summed E-state index contributed by atoms with van der Waals surface area (Å²) in [4.78, 5) is 15.4. The molecule has 1 unspecified atom stereocenters. The first kappa shape index (κ1) is 22.9. The summed E-state index contributed by atoms with van der Waals surface area (Å²) in [5.74, 6) is 1.60. The minimum absolute atomic E-state index is 0.0327. The average Bonchev–Trinajstić information content (AvgIpc) is 3.36. The molecule has 33 heavy (non-hydrogen) atoms. The zero-order valence-electron chi connectivity index (χ0n) is 20.1. The van der Waals surface area contributed by atoms with Gasteiger partial charge in [-0.3, -0.25) is 9.89 Å². The Morgan fingerprint density at radius 3 is 2.27 bits per heavy atom. The number of carbonyl (C=O) groups excluding carboxylic acids is 1. The van der Waals surface area contributed by atoms with Gasteiger partial charge in [0.05, 0.1) is 25.5 Å². The molecular formula is C27H33N3O3. The van der Waals surface area contributed by atoms with E-state index in [1.165, 1.54) is 12.8 Å². The number of hydrogen-bond donors (Lipinski definition) is 1. The Balaban J connectivity index is 1.72. The molecule has 0 bridgehead atoms. The molecule has 1 aliphatic rings. The van der Waals surface area contributed by atoms with Crippen molar-refractivity contribution in [3.63, 3.8) is 0 Å². The maximum absolute atomic E-state index is 13.5. The van der Waals surface area contributed by atoms with Gasteiger partial charge in [0.15, 0.2) is 0 Å². The highest BCUT2D eigenvalue weighted by atomic mass is 16.5. The van der Waals surface area contributed by atoms with Crippen LogP contribution in [0.25, 0.3) is 11.3 Å². The molecule has 0 spiro atoms. The number of methoxy groups -OCH3 is 1. The summed E-state index contributed by atoms with van der Waals surface area (Å²) in [5, 5.41) is 7.56. The second-order valence-electron chi connectivity index (χ2n) is 9.46. The van der Waals surface area contributed by atoms with Gasteiger partial charge in [-0.15, -0.1) is 0 Å². The lowest BCUT2D eigenvalue weighted by molar-refractivity contribution is 0.0546. The number of nitrogens with zero attached hydrogens (tertiary/aromatic N) is 2. The summed E-state index contributed by atoms with van der Waals surface area (Å²) >= 11 is 0. The molecule has 1 amide bonds. The Labute approximate surface area is 195 Å². The minimum atomic E-state index is -0.367. The number of hydrogen-bond acceptors (Lipinski definition) is 4. The molecule has 1 atom stereocenters. The van der Waals surface area contributed by atoms with E-state index in [1.807, 2.05) is 41.3 Å². The Morgan fingerprint density at radius 1 is 1.00 bits per heavy atom. The summed E-state index contributed by atoms with van der Waals surface area (Å²) in [6.07, 6.45) is 3.39. The largest absolute Gasteiger partial charge is 0.497 e. The van der Waals surface area contributed by atoms with Crippen LogP contribution >= 0.6 is 0 Å². The number of ether oxygens (including phenoxy) is 2. The fraction of sp³-hybridized carbons (Fsp3) is 0.407. The van der Waals surface area contributed by atoms with E-state index in [1.54, 1.807) is 7.11 Å². The molecular weight excluding hydrogens is 414 g/mol. The van der Waals surface area contributed by atoms with Gasteiger partial charge in [0.1, 0.15) is 17.2 Å². The highest BCUT2D eigenvalue weighted by Crippen LogP contribution is 2.46. The highest BCUT2D eigenvalue weighted by Gasteiger charge is 2.46. The predicted octanol–water partition coefficient (Wildman–Crippen LogP) is 6.00. The first-order valence-electron chi connectivity index (χ1n) is 11.6. The minimum Gasteiger partial charge on any atom is -0.497 e. The van der Waals surface area contributed by atoms with Gasteiger partial charge in [-0.05, 0) is 69.2 Å². The van der Waals surface area contributed by atoms with Crippen molar-refractivity contribution >= 4 is 5.91 Å². The van der Waals surface area contributed by atoms with Crippen molar-refractivity contribution in [2.45, 2.75) is 58.5 Å². The second-order valence-corrected chi connectivity index (χ2v) is 9.46. The van der Waals surface area contributed by atoms with E-state index in [9.17, 15) is 4.79 Å². The molecule has 6 nitrogen and oxygen atoms in total. The smallest absolute Gasteiger partial charge is 0.273 e. The fourth-order valence-electron chi connectivity index (χ4n) is 4.41. The number of amides is 1. The molecule has 2 heterocycles. The van der Waals surface area contributed by atoms with Gasteiger partial charge in [0.25, 0.3) is 5.91 Å². The van der Waals surface area contributed by atoms with Crippen LogP contribution in [0.1, 0.15) is 74.6 Å². The van der Waals surface area contributed by atoms with Gasteiger partial charge in [0, 0.05) is 16.7 Å². The molecule has 1 aromatic heterocycles. The number of unbranched alkanes of at least 4 members (excludes halogenated alkanes) is 2. The summed E-state index contributed by atoms with van der Waals surface area (Å²) in [5.41, 5.74) is 3.87.